The molecule has 0 N–H and O–H groups in total. The summed E-state index contributed by atoms with van der Waals surface area (Å²) in [6.07, 6.45) is -4.25. The van der Waals surface area contributed by atoms with Gasteiger partial charge in [0.15, 0.2) is 12.2 Å². The van der Waals surface area contributed by atoms with Crippen LogP contribution >= 0.6 is 0 Å². The van der Waals surface area contributed by atoms with E-state index >= 15 is 0 Å². The largest absolute Gasteiger partial charge is 0.463 e. The van der Waals surface area contributed by atoms with Gasteiger partial charge in [0.05, 0.1) is 5.92 Å². The number of carbonyl (C=O) groups is 4. The standard InChI is InChI=1S/C22H28O9/c1-12(17-9-7-6-8-10-17)19-21(29-15(4)25)20(28-14(3)24)18(11-27-13(2)23)31-22(19)30-16(5)26/h6-10,12,18-22H,11H2,1-5H3/t12-,18-,19+,20-,21-,22+/m1/s1. The van der Waals surface area contributed by atoms with E-state index in [0.717, 1.165) is 5.56 Å². The lowest BCUT2D eigenvalue weighted by molar-refractivity contribution is -0.286. The predicted molar refractivity (Wildman–Crippen MR) is 107 cm³/mol. The van der Waals surface area contributed by atoms with E-state index in [0.29, 0.717) is 0 Å². The molecule has 1 heterocycles. The highest BCUT2D eigenvalue weighted by molar-refractivity contribution is 5.68. The predicted octanol–water partition coefficient (Wildman–Crippen LogP) is 2.12. The fourth-order valence-corrected chi connectivity index (χ4v) is 3.70. The number of hydrogen-bond acceptors (Lipinski definition) is 9. The summed E-state index contributed by atoms with van der Waals surface area (Å²) in [6, 6.07) is 9.32. The molecule has 1 saturated heterocycles. The Hall–Kier alpha value is -2.94. The van der Waals surface area contributed by atoms with Gasteiger partial charge < -0.3 is 23.7 Å². The zero-order chi connectivity index (χ0) is 23.1. The van der Waals surface area contributed by atoms with Crippen molar-refractivity contribution in [2.45, 2.75) is 65.1 Å². The van der Waals surface area contributed by atoms with Gasteiger partial charge in [-0.05, 0) is 11.5 Å². The van der Waals surface area contributed by atoms with E-state index in [1.807, 2.05) is 37.3 Å². The van der Waals surface area contributed by atoms with Crippen LogP contribution in [0.1, 0.15) is 46.1 Å². The minimum Gasteiger partial charge on any atom is -0.463 e. The second kappa shape index (κ2) is 10.9. The average molecular weight is 436 g/mol. The average Bonchev–Trinajstić information content (AvgIpc) is 2.67. The molecule has 0 aliphatic carbocycles. The maximum Gasteiger partial charge on any atom is 0.304 e. The molecule has 0 aromatic heterocycles. The maximum atomic E-state index is 12.0. The van der Waals surface area contributed by atoms with Crippen LogP contribution in [-0.4, -0.2) is 55.1 Å². The van der Waals surface area contributed by atoms with Crippen LogP contribution in [0, 0.1) is 5.92 Å². The molecule has 1 aliphatic rings. The van der Waals surface area contributed by atoms with E-state index in [1.54, 1.807) is 0 Å². The van der Waals surface area contributed by atoms with E-state index in [-0.39, 0.29) is 12.5 Å². The van der Waals surface area contributed by atoms with Gasteiger partial charge in [-0.3, -0.25) is 19.2 Å². The van der Waals surface area contributed by atoms with Gasteiger partial charge in [-0.25, -0.2) is 0 Å². The number of benzene rings is 1. The lowest BCUT2D eigenvalue weighted by Crippen LogP contribution is -2.60. The van der Waals surface area contributed by atoms with Gasteiger partial charge >= 0.3 is 23.9 Å². The third-order valence-electron chi connectivity index (χ3n) is 4.93. The van der Waals surface area contributed by atoms with Crippen molar-refractivity contribution in [2.75, 3.05) is 6.61 Å². The molecule has 9 heteroatoms. The summed E-state index contributed by atoms with van der Waals surface area (Å²) in [5.74, 6) is -3.43. The van der Waals surface area contributed by atoms with E-state index in [4.69, 9.17) is 23.7 Å². The first-order valence-electron chi connectivity index (χ1n) is 9.95. The van der Waals surface area contributed by atoms with E-state index in [1.165, 1.54) is 27.7 Å². The van der Waals surface area contributed by atoms with Crippen LogP contribution in [0.3, 0.4) is 0 Å². The molecular weight excluding hydrogens is 408 g/mol. The molecule has 170 valence electrons. The summed E-state index contributed by atoms with van der Waals surface area (Å²) in [6.45, 7) is 6.47. The first kappa shape index (κ1) is 24.3. The Morgan fingerprint density at radius 2 is 1.39 bits per heavy atom. The third-order valence-corrected chi connectivity index (χ3v) is 4.93. The molecule has 1 aliphatic heterocycles. The Kier molecular flexibility index (Phi) is 8.56. The zero-order valence-corrected chi connectivity index (χ0v) is 18.2. The second-order valence-electron chi connectivity index (χ2n) is 7.38. The molecular formula is C22H28O9. The Morgan fingerprint density at radius 1 is 0.839 bits per heavy atom. The fourth-order valence-electron chi connectivity index (χ4n) is 3.70. The number of hydrogen-bond donors (Lipinski definition) is 0. The van der Waals surface area contributed by atoms with Crippen LogP contribution < -0.4 is 0 Å². The van der Waals surface area contributed by atoms with Gasteiger partial charge in [0.2, 0.25) is 6.29 Å². The second-order valence-corrected chi connectivity index (χ2v) is 7.38. The van der Waals surface area contributed by atoms with Crippen molar-refractivity contribution in [3.8, 4) is 0 Å². The van der Waals surface area contributed by atoms with Gasteiger partial charge in [0, 0.05) is 27.7 Å². The van der Waals surface area contributed by atoms with E-state index in [2.05, 4.69) is 0 Å². The quantitative estimate of drug-likeness (QED) is 0.468. The van der Waals surface area contributed by atoms with Crippen molar-refractivity contribution in [2.24, 2.45) is 5.92 Å². The SMILES string of the molecule is CC(=O)OC[C@H]1O[C@H](OC(C)=O)[C@@H]([C@H](C)c2ccccc2)[C@@H](OC(C)=O)[C@@H]1OC(C)=O. The molecule has 2 rings (SSSR count). The highest BCUT2D eigenvalue weighted by Crippen LogP contribution is 2.40. The monoisotopic (exact) mass is 436 g/mol. The topological polar surface area (TPSA) is 114 Å². The normalized spacial score (nSPS) is 26.3. The third kappa shape index (κ3) is 6.78. The molecule has 1 aromatic carbocycles. The van der Waals surface area contributed by atoms with Crippen LogP contribution in [0.5, 0.6) is 0 Å². The van der Waals surface area contributed by atoms with Crippen LogP contribution in [-0.2, 0) is 42.9 Å². The number of carbonyl (C=O) groups excluding carboxylic acids is 4. The summed E-state index contributed by atoms with van der Waals surface area (Å²) in [7, 11) is 0. The number of rotatable bonds is 7. The number of ether oxygens (including phenoxy) is 5. The molecule has 31 heavy (non-hydrogen) atoms. The van der Waals surface area contributed by atoms with Gasteiger partial charge in [0.25, 0.3) is 0 Å². The van der Waals surface area contributed by atoms with Gasteiger partial charge in [-0.1, -0.05) is 37.3 Å². The molecule has 1 aromatic rings. The zero-order valence-electron chi connectivity index (χ0n) is 18.2. The molecule has 6 atom stereocenters. The highest BCUT2D eigenvalue weighted by atomic mass is 16.7. The van der Waals surface area contributed by atoms with Crippen molar-refractivity contribution >= 4 is 23.9 Å². The first-order valence-corrected chi connectivity index (χ1v) is 9.95. The summed E-state index contributed by atoms with van der Waals surface area (Å²) in [5.41, 5.74) is 0.880. The minimum absolute atomic E-state index is 0.282. The lowest BCUT2D eigenvalue weighted by atomic mass is 9.78. The summed E-state index contributed by atoms with van der Waals surface area (Å²) in [5, 5.41) is 0. The minimum atomic E-state index is -1.13. The van der Waals surface area contributed by atoms with Gasteiger partial charge in [-0.15, -0.1) is 0 Å². The van der Waals surface area contributed by atoms with Crippen LogP contribution in [0.15, 0.2) is 30.3 Å². The van der Waals surface area contributed by atoms with Crippen molar-refractivity contribution in [1.82, 2.24) is 0 Å². The Labute approximate surface area is 180 Å². The first-order chi connectivity index (χ1) is 14.6. The van der Waals surface area contributed by atoms with E-state index < -0.39 is 54.4 Å². The Balaban J connectivity index is 2.51. The molecule has 0 bridgehead atoms. The molecule has 1 fully saturated rings. The van der Waals surface area contributed by atoms with Crippen LogP contribution in [0.4, 0.5) is 0 Å². The summed E-state index contributed by atoms with van der Waals surface area (Å²) in [4.78, 5) is 46.9. The molecule has 0 amide bonds. The molecule has 0 radical (unpaired) electrons. The molecule has 0 unspecified atom stereocenters. The smallest absolute Gasteiger partial charge is 0.304 e. The van der Waals surface area contributed by atoms with Crippen molar-refractivity contribution in [3.05, 3.63) is 35.9 Å². The van der Waals surface area contributed by atoms with Crippen molar-refractivity contribution in [3.63, 3.8) is 0 Å². The van der Waals surface area contributed by atoms with Gasteiger partial charge in [-0.2, -0.15) is 0 Å². The van der Waals surface area contributed by atoms with Crippen molar-refractivity contribution in [1.29, 1.82) is 0 Å². The van der Waals surface area contributed by atoms with E-state index in [9.17, 15) is 19.2 Å². The Bertz CT molecular complexity index is 791. The maximum absolute atomic E-state index is 12.0. The van der Waals surface area contributed by atoms with Gasteiger partial charge in [0.1, 0.15) is 12.7 Å². The molecule has 9 nitrogen and oxygen atoms in total. The van der Waals surface area contributed by atoms with Crippen molar-refractivity contribution < 1.29 is 42.9 Å². The lowest BCUT2D eigenvalue weighted by Gasteiger charge is -2.46. The fraction of sp³-hybridized carbons (Fsp3) is 0.545. The molecule has 0 spiro atoms. The Morgan fingerprint density at radius 3 is 1.90 bits per heavy atom. The summed E-state index contributed by atoms with van der Waals surface area (Å²) >= 11 is 0. The highest BCUT2D eigenvalue weighted by Gasteiger charge is 2.53. The number of esters is 4. The summed E-state index contributed by atoms with van der Waals surface area (Å²) < 4.78 is 27.4. The molecule has 0 saturated carbocycles. The van der Waals surface area contributed by atoms with Crippen LogP contribution in [0.2, 0.25) is 0 Å². The van der Waals surface area contributed by atoms with Crippen LogP contribution in [0.25, 0.3) is 0 Å².